The highest BCUT2D eigenvalue weighted by Gasteiger charge is 2.25. The van der Waals surface area contributed by atoms with Gasteiger partial charge in [-0.3, -0.25) is 9.89 Å². The van der Waals surface area contributed by atoms with Gasteiger partial charge in [-0.25, -0.2) is 8.42 Å². The zero-order valence-corrected chi connectivity index (χ0v) is 13.7. The first kappa shape index (κ1) is 15.3. The quantitative estimate of drug-likeness (QED) is 0.592. The third-order valence-corrected chi connectivity index (χ3v) is 5.90. The van der Waals surface area contributed by atoms with Crippen LogP contribution < -0.4 is 5.73 Å². The van der Waals surface area contributed by atoms with Crippen molar-refractivity contribution in [3.63, 3.8) is 0 Å². The fourth-order valence-corrected chi connectivity index (χ4v) is 4.46. The third kappa shape index (κ3) is 2.36. The molecule has 0 unspecified atom stereocenters. The Morgan fingerprint density at radius 3 is 2.52 bits per heavy atom. The largest absolute Gasteiger partial charge is 0.366 e. The van der Waals surface area contributed by atoms with Gasteiger partial charge in [0.25, 0.3) is 0 Å². The third-order valence-electron chi connectivity index (χ3n) is 4.11. The summed E-state index contributed by atoms with van der Waals surface area (Å²) in [7, 11) is -3.86. The van der Waals surface area contributed by atoms with Crippen LogP contribution in [0.3, 0.4) is 0 Å². The number of aromatic nitrogens is 2. The summed E-state index contributed by atoms with van der Waals surface area (Å²) in [6.07, 6.45) is 0. The van der Waals surface area contributed by atoms with E-state index in [-0.39, 0.29) is 15.5 Å². The summed E-state index contributed by atoms with van der Waals surface area (Å²) in [6.45, 7) is 0. The topological polar surface area (TPSA) is 106 Å². The molecule has 1 amide bonds. The van der Waals surface area contributed by atoms with Gasteiger partial charge in [0.1, 0.15) is 0 Å². The highest BCUT2D eigenvalue weighted by molar-refractivity contribution is 7.91. The van der Waals surface area contributed by atoms with Crippen molar-refractivity contribution in [3.05, 3.63) is 66.2 Å². The Balaban J connectivity index is 2.01. The summed E-state index contributed by atoms with van der Waals surface area (Å²) in [6, 6.07) is 16.9. The van der Waals surface area contributed by atoms with Crippen LogP contribution in [-0.4, -0.2) is 24.5 Å². The zero-order chi connectivity index (χ0) is 17.6. The number of fused-ring (bicyclic) bond motifs is 2. The number of hydrogen-bond donors (Lipinski definition) is 2. The fraction of sp³-hybridized carbons (Fsp3) is 0. The molecule has 0 aliphatic carbocycles. The number of benzene rings is 3. The van der Waals surface area contributed by atoms with Crippen molar-refractivity contribution in [1.29, 1.82) is 0 Å². The number of sulfone groups is 1. The molecule has 3 aromatic carbocycles. The Bertz CT molecular complexity index is 1240. The number of primary amides is 1. The lowest BCUT2D eigenvalue weighted by molar-refractivity contribution is 0.100. The standard InChI is InChI=1S/C18H13N3O3S/c19-17(22)12-8-9-15-14(10-12)18(21-20-15)25(23,24)16-7-3-5-11-4-1-2-6-13(11)16/h1-10H,(H2,19,22)(H,20,21). The van der Waals surface area contributed by atoms with E-state index in [1.54, 1.807) is 30.3 Å². The SMILES string of the molecule is NC(=O)c1ccc2n[nH]c(S(=O)(=O)c3cccc4ccccc34)c2c1. The van der Waals surface area contributed by atoms with Crippen LogP contribution in [0.15, 0.2) is 70.6 Å². The minimum Gasteiger partial charge on any atom is -0.366 e. The second kappa shape index (κ2) is 5.42. The lowest BCUT2D eigenvalue weighted by Gasteiger charge is -2.07. The molecule has 0 radical (unpaired) electrons. The van der Waals surface area contributed by atoms with E-state index in [1.807, 2.05) is 18.2 Å². The van der Waals surface area contributed by atoms with Crippen molar-refractivity contribution < 1.29 is 13.2 Å². The van der Waals surface area contributed by atoms with Crippen molar-refractivity contribution in [1.82, 2.24) is 10.2 Å². The monoisotopic (exact) mass is 351 g/mol. The fourth-order valence-electron chi connectivity index (χ4n) is 2.88. The van der Waals surface area contributed by atoms with Gasteiger partial charge in [0.05, 0.1) is 10.4 Å². The number of carbonyl (C=O) groups excluding carboxylic acids is 1. The Kier molecular flexibility index (Phi) is 3.33. The van der Waals surface area contributed by atoms with E-state index in [2.05, 4.69) is 10.2 Å². The van der Waals surface area contributed by atoms with Crippen LogP contribution in [0, 0.1) is 0 Å². The first-order valence-electron chi connectivity index (χ1n) is 7.49. The Morgan fingerprint density at radius 2 is 1.72 bits per heavy atom. The van der Waals surface area contributed by atoms with E-state index in [1.165, 1.54) is 12.1 Å². The van der Waals surface area contributed by atoms with Crippen LogP contribution in [0.1, 0.15) is 10.4 Å². The highest BCUT2D eigenvalue weighted by Crippen LogP contribution is 2.31. The summed E-state index contributed by atoms with van der Waals surface area (Å²) in [4.78, 5) is 11.6. The zero-order valence-electron chi connectivity index (χ0n) is 12.9. The van der Waals surface area contributed by atoms with E-state index in [0.29, 0.717) is 16.3 Å². The van der Waals surface area contributed by atoms with Gasteiger partial charge in [-0.1, -0.05) is 36.4 Å². The summed E-state index contributed by atoms with van der Waals surface area (Å²) >= 11 is 0. The van der Waals surface area contributed by atoms with Crippen molar-refractivity contribution >= 4 is 37.4 Å². The molecule has 6 nitrogen and oxygen atoms in total. The van der Waals surface area contributed by atoms with Crippen LogP contribution in [0.4, 0.5) is 0 Å². The number of nitrogens with zero attached hydrogens (tertiary/aromatic N) is 1. The predicted molar refractivity (Wildman–Crippen MR) is 94.0 cm³/mol. The molecule has 0 fully saturated rings. The summed E-state index contributed by atoms with van der Waals surface area (Å²) in [5, 5.41) is 8.36. The van der Waals surface area contributed by atoms with Crippen molar-refractivity contribution in [2.75, 3.05) is 0 Å². The average Bonchev–Trinajstić information content (AvgIpc) is 3.05. The Labute approximate surface area is 143 Å². The van der Waals surface area contributed by atoms with Crippen LogP contribution >= 0.6 is 0 Å². The molecule has 0 aliphatic rings. The first-order chi connectivity index (χ1) is 12.0. The number of nitrogens with one attached hydrogen (secondary N) is 1. The normalized spacial score (nSPS) is 11.8. The second-order valence-electron chi connectivity index (χ2n) is 5.63. The minimum absolute atomic E-state index is 0.0537. The lowest BCUT2D eigenvalue weighted by Crippen LogP contribution is -2.10. The van der Waals surface area contributed by atoms with Crippen molar-refractivity contribution in [2.45, 2.75) is 9.92 Å². The average molecular weight is 351 g/mol. The molecule has 0 atom stereocenters. The highest BCUT2D eigenvalue weighted by atomic mass is 32.2. The van der Waals surface area contributed by atoms with E-state index >= 15 is 0 Å². The molecule has 124 valence electrons. The predicted octanol–water partition coefficient (Wildman–Crippen LogP) is 2.65. The smallest absolute Gasteiger partial charge is 0.248 e. The molecule has 0 bridgehead atoms. The maximum atomic E-state index is 13.2. The molecule has 0 aliphatic heterocycles. The van der Waals surface area contributed by atoms with Gasteiger partial charge in [0.2, 0.25) is 15.7 Å². The number of carbonyl (C=O) groups is 1. The van der Waals surface area contributed by atoms with E-state index in [9.17, 15) is 13.2 Å². The minimum atomic E-state index is -3.86. The number of H-pyrrole nitrogens is 1. The van der Waals surface area contributed by atoms with E-state index < -0.39 is 15.7 Å². The van der Waals surface area contributed by atoms with E-state index in [0.717, 1.165) is 5.39 Å². The molecule has 1 heterocycles. The van der Waals surface area contributed by atoms with Crippen LogP contribution in [0.25, 0.3) is 21.7 Å². The molecule has 1 aromatic heterocycles. The molecule has 0 saturated heterocycles. The lowest BCUT2D eigenvalue weighted by atomic mass is 10.1. The van der Waals surface area contributed by atoms with Crippen molar-refractivity contribution in [3.8, 4) is 0 Å². The van der Waals surface area contributed by atoms with Crippen LogP contribution in [-0.2, 0) is 9.84 Å². The maximum Gasteiger partial charge on any atom is 0.248 e. The molecule has 4 rings (SSSR count). The Hall–Kier alpha value is -3.19. The summed E-state index contributed by atoms with van der Waals surface area (Å²) in [5.74, 6) is -0.628. The molecular weight excluding hydrogens is 338 g/mol. The molecular formula is C18H13N3O3S. The van der Waals surface area contributed by atoms with Gasteiger partial charge in [-0.2, -0.15) is 5.10 Å². The maximum absolute atomic E-state index is 13.2. The molecule has 7 heteroatoms. The molecule has 4 aromatic rings. The molecule has 3 N–H and O–H groups in total. The number of nitrogens with two attached hydrogens (primary N) is 1. The second-order valence-corrected chi connectivity index (χ2v) is 7.48. The summed E-state index contributed by atoms with van der Waals surface area (Å²) in [5.41, 5.74) is 5.97. The summed E-state index contributed by atoms with van der Waals surface area (Å²) < 4.78 is 26.4. The van der Waals surface area contributed by atoms with Gasteiger partial charge in [-0.15, -0.1) is 0 Å². The van der Waals surface area contributed by atoms with Gasteiger partial charge in [0, 0.05) is 16.3 Å². The van der Waals surface area contributed by atoms with Gasteiger partial charge >= 0.3 is 0 Å². The van der Waals surface area contributed by atoms with Gasteiger partial charge in [-0.05, 0) is 29.7 Å². The number of rotatable bonds is 3. The van der Waals surface area contributed by atoms with E-state index in [4.69, 9.17) is 5.73 Å². The number of amides is 1. The van der Waals surface area contributed by atoms with Gasteiger partial charge in [0.15, 0.2) is 5.03 Å². The number of hydrogen-bond acceptors (Lipinski definition) is 4. The Morgan fingerprint density at radius 1 is 0.960 bits per heavy atom. The molecule has 25 heavy (non-hydrogen) atoms. The number of aromatic amines is 1. The van der Waals surface area contributed by atoms with Crippen LogP contribution in [0.5, 0.6) is 0 Å². The first-order valence-corrected chi connectivity index (χ1v) is 8.97. The van der Waals surface area contributed by atoms with Crippen molar-refractivity contribution in [2.24, 2.45) is 5.73 Å². The molecule has 0 spiro atoms. The van der Waals surface area contributed by atoms with Crippen LogP contribution in [0.2, 0.25) is 0 Å². The van der Waals surface area contributed by atoms with Gasteiger partial charge < -0.3 is 5.73 Å². The molecule has 0 saturated carbocycles.